The molecular formula is C14H21NO3. The molecule has 1 aliphatic heterocycles. The van der Waals surface area contributed by atoms with E-state index in [2.05, 4.69) is 6.92 Å². The standard InChI is InChI=1S/C14H21NO3/c1-9(8-16-2)14-7-12(15)11-6-10(17-3)4-5-13(11)18-14/h4-6,9,12,14H,7-8,15H2,1-3H3/t9?,12-,14?/m1/s1. The first-order valence-electron chi connectivity index (χ1n) is 6.24. The molecule has 4 heteroatoms. The number of methoxy groups -OCH3 is 2. The van der Waals surface area contributed by atoms with Gasteiger partial charge in [0.15, 0.2) is 0 Å². The largest absolute Gasteiger partial charge is 0.497 e. The van der Waals surface area contributed by atoms with E-state index in [1.165, 1.54) is 0 Å². The van der Waals surface area contributed by atoms with Crippen molar-refractivity contribution < 1.29 is 14.2 Å². The quantitative estimate of drug-likeness (QED) is 0.890. The molecule has 0 saturated heterocycles. The Hall–Kier alpha value is -1.26. The fourth-order valence-corrected chi connectivity index (χ4v) is 2.36. The highest BCUT2D eigenvalue weighted by Gasteiger charge is 2.29. The average Bonchev–Trinajstić information content (AvgIpc) is 2.38. The van der Waals surface area contributed by atoms with Crippen LogP contribution in [0.5, 0.6) is 11.5 Å². The van der Waals surface area contributed by atoms with Gasteiger partial charge >= 0.3 is 0 Å². The molecule has 0 aliphatic carbocycles. The lowest BCUT2D eigenvalue weighted by Crippen LogP contribution is -2.35. The van der Waals surface area contributed by atoms with Gasteiger partial charge in [0.25, 0.3) is 0 Å². The van der Waals surface area contributed by atoms with Gasteiger partial charge in [-0.2, -0.15) is 0 Å². The van der Waals surface area contributed by atoms with Crippen molar-refractivity contribution in [1.29, 1.82) is 0 Å². The van der Waals surface area contributed by atoms with E-state index < -0.39 is 0 Å². The van der Waals surface area contributed by atoms with Crippen molar-refractivity contribution in [3.8, 4) is 11.5 Å². The average molecular weight is 251 g/mol. The highest BCUT2D eigenvalue weighted by atomic mass is 16.5. The molecule has 0 spiro atoms. The van der Waals surface area contributed by atoms with Gasteiger partial charge in [0.1, 0.15) is 17.6 Å². The van der Waals surface area contributed by atoms with Gasteiger partial charge in [0.05, 0.1) is 13.7 Å². The summed E-state index contributed by atoms with van der Waals surface area (Å²) in [5.74, 6) is 2.01. The lowest BCUT2D eigenvalue weighted by atomic mass is 9.91. The third kappa shape index (κ3) is 2.60. The van der Waals surface area contributed by atoms with E-state index in [1.54, 1.807) is 14.2 Å². The summed E-state index contributed by atoms with van der Waals surface area (Å²) in [7, 11) is 3.36. The van der Waals surface area contributed by atoms with Gasteiger partial charge in [-0.3, -0.25) is 0 Å². The second-order valence-corrected chi connectivity index (χ2v) is 4.83. The Balaban J connectivity index is 2.18. The minimum atomic E-state index is -0.00634. The Kier molecular flexibility index (Phi) is 4.09. The van der Waals surface area contributed by atoms with Crippen molar-refractivity contribution in [2.75, 3.05) is 20.8 Å². The molecule has 4 nitrogen and oxygen atoms in total. The van der Waals surface area contributed by atoms with E-state index >= 15 is 0 Å². The number of ether oxygens (including phenoxy) is 3. The fraction of sp³-hybridized carbons (Fsp3) is 0.571. The van der Waals surface area contributed by atoms with Gasteiger partial charge < -0.3 is 19.9 Å². The first-order valence-corrected chi connectivity index (χ1v) is 6.24. The molecule has 0 aromatic heterocycles. The molecule has 3 atom stereocenters. The van der Waals surface area contributed by atoms with Crippen molar-refractivity contribution in [2.45, 2.75) is 25.5 Å². The van der Waals surface area contributed by atoms with E-state index in [-0.39, 0.29) is 12.1 Å². The number of rotatable bonds is 4. The first kappa shape index (κ1) is 13.2. The van der Waals surface area contributed by atoms with Crippen molar-refractivity contribution in [2.24, 2.45) is 11.7 Å². The predicted molar refractivity (Wildman–Crippen MR) is 70.0 cm³/mol. The third-order valence-electron chi connectivity index (χ3n) is 3.45. The topological polar surface area (TPSA) is 53.7 Å². The van der Waals surface area contributed by atoms with Crippen molar-refractivity contribution >= 4 is 0 Å². The minimum Gasteiger partial charge on any atom is -0.497 e. The van der Waals surface area contributed by atoms with E-state index in [9.17, 15) is 0 Å². The lowest BCUT2D eigenvalue weighted by Gasteiger charge is -2.33. The van der Waals surface area contributed by atoms with E-state index in [0.717, 1.165) is 23.5 Å². The van der Waals surface area contributed by atoms with Gasteiger partial charge in [-0.25, -0.2) is 0 Å². The van der Waals surface area contributed by atoms with Crippen molar-refractivity contribution in [1.82, 2.24) is 0 Å². The van der Waals surface area contributed by atoms with Crippen LogP contribution in [0.15, 0.2) is 18.2 Å². The van der Waals surface area contributed by atoms with Crippen LogP contribution in [0, 0.1) is 5.92 Å². The Morgan fingerprint density at radius 2 is 2.22 bits per heavy atom. The van der Waals surface area contributed by atoms with Gasteiger partial charge in [-0.15, -0.1) is 0 Å². The fourth-order valence-electron chi connectivity index (χ4n) is 2.36. The van der Waals surface area contributed by atoms with Gasteiger partial charge in [0.2, 0.25) is 0 Å². The molecule has 1 aromatic rings. The van der Waals surface area contributed by atoms with Crippen LogP contribution >= 0.6 is 0 Å². The molecule has 0 radical (unpaired) electrons. The van der Waals surface area contributed by atoms with Crippen LogP contribution in [-0.2, 0) is 4.74 Å². The Morgan fingerprint density at radius 1 is 1.44 bits per heavy atom. The zero-order valence-electron chi connectivity index (χ0n) is 11.2. The van der Waals surface area contributed by atoms with E-state index in [0.29, 0.717) is 12.5 Å². The van der Waals surface area contributed by atoms with Crippen LogP contribution in [-0.4, -0.2) is 26.9 Å². The monoisotopic (exact) mass is 251 g/mol. The van der Waals surface area contributed by atoms with Gasteiger partial charge in [-0.1, -0.05) is 6.92 Å². The summed E-state index contributed by atoms with van der Waals surface area (Å²) in [4.78, 5) is 0. The molecule has 100 valence electrons. The predicted octanol–water partition coefficient (Wildman–Crippen LogP) is 2.13. The maximum absolute atomic E-state index is 6.22. The molecule has 18 heavy (non-hydrogen) atoms. The molecule has 2 unspecified atom stereocenters. The van der Waals surface area contributed by atoms with E-state index in [4.69, 9.17) is 19.9 Å². The summed E-state index contributed by atoms with van der Waals surface area (Å²) in [6, 6.07) is 5.78. The summed E-state index contributed by atoms with van der Waals surface area (Å²) in [6.07, 6.45) is 0.922. The Bertz CT molecular complexity index is 408. The molecule has 1 aliphatic rings. The summed E-state index contributed by atoms with van der Waals surface area (Å²) in [5, 5.41) is 0. The third-order valence-corrected chi connectivity index (χ3v) is 3.45. The summed E-state index contributed by atoms with van der Waals surface area (Å²) in [5.41, 5.74) is 7.24. The Labute approximate surface area is 108 Å². The number of hydrogen-bond acceptors (Lipinski definition) is 4. The SMILES string of the molecule is COCC(C)C1C[C@@H](N)c2cc(OC)ccc2O1. The van der Waals surface area contributed by atoms with Crippen LogP contribution in [0.2, 0.25) is 0 Å². The number of nitrogens with two attached hydrogens (primary N) is 1. The van der Waals surface area contributed by atoms with Crippen LogP contribution in [0.4, 0.5) is 0 Å². The van der Waals surface area contributed by atoms with Crippen LogP contribution in [0.3, 0.4) is 0 Å². The molecule has 1 aromatic carbocycles. The first-order chi connectivity index (χ1) is 8.65. The van der Waals surface area contributed by atoms with Crippen LogP contribution in [0.1, 0.15) is 24.9 Å². The van der Waals surface area contributed by atoms with Gasteiger partial charge in [-0.05, 0) is 18.2 Å². The highest BCUT2D eigenvalue weighted by molar-refractivity contribution is 5.43. The van der Waals surface area contributed by atoms with Crippen LogP contribution < -0.4 is 15.2 Å². The summed E-state index contributed by atoms with van der Waals surface area (Å²) in [6.45, 7) is 2.80. The minimum absolute atomic E-state index is 0.00634. The molecule has 2 N–H and O–H groups in total. The normalized spacial score (nSPS) is 24.0. The van der Waals surface area contributed by atoms with E-state index in [1.807, 2.05) is 18.2 Å². The molecule has 0 fully saturated rings. The number of hydrogen-bond donors (Lipinski definition) is 1. The molecule has 0 saturated carbocycles. The molecule has 0 amide bonds. The number of fused-ring (bicyclic) bond motifs is 1. The maximum Gasteiger partial charge on any atom is 0.124 e. The summed E-state index contributed by atoms with van der Waals surface area (Å²) >= 11 is 0. The van der Waals surface area contributed by atoms with Crippen molar-refractivity contribution in [3.05, 3.63) is 23.8 Å². The second-order valence-electron chi connectivity index (χ2n) is 4.83. The van der Waals surface area contributed by atoms with Crippen molar-refractivity contribution in [3.63, 3.8) is 0 Å². The smallest absolute Gasteiger partial charge is 0.124 e. The molecule has 0 bridgehead atoms. The molecule has 1 heterocycles. The maximum atomic E-state index is 6.22. The molecule has 2 rings (SSSR count). The summed E-state index contributed by atoms with van der Waals surface area (Å²) < 4.78 is 16.4. The van der Waals surface area contributed by atoms with Crippen LogP contribution in [0.25, 0.3) is 0 Å². The number of benzene rings is 1. The Morgan fingerprint density at radius 3 is 2.89 bits per heavy atom. The lowest BCUT2D eigenvalue weighted by molar-refractivity contribution is 0.0537. The molecular weight excluding hydrogens is 230 g/mol. The van der Waals surface area contributed by atoms with Gasteiger partial charge in [0, 0.05) is 31.1 Å². The zero-order valence-corrected chi connectivity index (χ0v) is 11.2. The zero-order chi connectivity index (χ0) is 13.1. The second kappa shape index (κ2) is 5.59. The highest BCUT2D eigenvalue weighted by Crippen LogP contribution is 2.37.